The van der Waals surface area contributed by atoms with Crippen molar-refractivity contribution in [3.8, 4) is 5.75 Å². The average molecular weight is 360 g/mol. The highest BCUT2D eigenvalue weighted by Gasteiger charge is 2.77. The zero-order valence-corrected chi connectivity index (χ0v) is 14.6. The quantitative estimate of drug-likeness (QED) is 0.594. The predicted molar refractivity (Wildman–Crippen MR) is 87.7 cm³/mol. The fraction of sp³-hybridized carbons (Fsp3) is 0.526. The van der Waals surface area contributed by atoms with Crippen LogP contribution in [0.1, 0.15) is 30.6 Å². The van der Waals surface area contributed by atoms with E-state index in [2.05, 4.69) is 0 Å². The summed E-state index contributed by atoms with van der Waals surface area (Å²) in [4.78, 5) is 38.5. The first kappa shape index (κ1) is 17.0. The molecule has 2 fully saturated rings. The molecule has 1 saturated carbocycles. The lowest BCUT2D eigenvalue weighted by Gasteiger charge is -2.40. The van der Waals surface area contributed by atoms with Gasteiger partial charge in [-0.3, -0.25) is 9.59 Å². The maximum Gasteiger partial charge on any atom is 0.342 e. The van der Waals surface area contributed by atoms with E-state index < -0.39 is 41.6 Å². The Kier molecular flexibility index (Phi) is 3.99. The van der Waals surface area contributed by atoms with E-state index in [1.807, 2.05) is 0 Å². The summed E-state index contributed by atoms with van der Waals surface area (Å²) in [6.07, 6.45) is -0.712. The smallest absolute Gasteiger partial charge is 0.342 e. The molecular weight excluding hydrogens is 340 g/mol. The topological polar surface area (TPSA) is 91.4 Å². The number of hydrogen-bond donors (Lipinski definition) is 0. The molecule has 2 heterocycles. The molecule has 3 aliphatic rings. The number of esters is 2. The number of fused-ring (bicyclic) bond motifs is 3. The van der Waals surface area contributed by atoms with Crippen molar-refractivity contribution in [2.45, 2.75) is 38.1 Å². The largest absolute Gasteiger partial charge is 0.489 e. The molecule has 0 aromatic heterocycles. The first-order valence-electron chi connectivity index (χ1n) is 8.86. The number of ketones is 1. The van der Waals surface area contributed by atoms with Crippen molar-refractivity contribution in [1.82, 2.24) is 0 Å². The average Bonchev–Trinajstić information content (AvgIpc) is 3.35. The summed E-state index contributed by atoms with van der Waals surface area (Å²) in [5.74, 6) is -2.90. The molecule has 0 bridgehead atoms. The van der Waals surface area contributed by atoms with Crippen molar-refractivity contribution < 1.29 is 33.3 Å². The SMILES string of the molecule is CCOC(=O)[C@H]1[C@H]2C(=O)c3ccccc3O[C@@H]2C[C@@H]2O[C@@]21C(=O)OCC. The third kappa shape index (κ3) is 2.26. The summed E-state index contributed by atoms with van der Waals surface area (Å²) < 4.78 is 22.0. The maximum absolute atomic E-state index is 13.2. The highest BCUT2D eigenvalue weighted by atomic mass is 16.7. The Morgan fingerprint density at radius 3 is 2.65 bits per heavy atom. The first-order chi connectivity index (χ1) is 12.5. The number of carbonyl (C=O) groups is 3. The second-order valence-electron chi connectivity index (χ2n) is 6.63. The van der Waals surface area contributed by atoms with Crippen LogP contribution in [0.3, 0.4) is 0 Å². The van der Waals surface area contributed by atoms with Crippen molar-refractivity contribution in [2.75, 3.05) is 13.2 Å². The Labute approximate surface area is 150 Å². The zero-order valence-electron chi connectivity index (χ0n) is 14.6. The van der Waals surface area contributed by atoms with E-state index in [1.165, 1.54) is 0 Å². The Morgan fingerprint density at radius 2 is 1.92 bits per heavy atom. The molecule has 0 amide bonds. The Hall–Kier alpha value is -2.41. The van der Waals surface area contributed by atoms with E-state index in [0.717, 1.165) is 0 Å². The molecule has 1 saturated heterocycles. The number of rotatable bonds is 4. The van der Waals surface area contributed by atoms with Gasteiger partial charge in [-0.25, -0.2) is 4.79 Å². The minimum Gasteiger partial charge on any atom is -0.489 e. The van der Waals surface area contributed by atoms with Crippen LogP contribution < -0.4 is 4.74 Å². The molecule has 0 spiro atoms. The van der Waals surface area contributed by atoms with Crippen LogP contribution in [0.15, 0.2) is 24.3 Å². The van der Waals surface area contributed by atoms with Gasteiger partial charge in [0.2, 0.25) is 5.60 Å². The molecule has 7 nitrogen and oxygen atoms in total. The predicted octanol–water partition coefficient (Wildman–Crippen LogP) is 1.53. The highest BCUT2D eigenvalue weighted by molar-refractivity contribution is 6.05. The lowest BCUT2D eigenvalue weighted by Crippen LogP contribution is -2.57. The summed E-state index contributed by atoms with van der Waals surface area (Å²) >= 11 is 0. The highest BCUT2D eigenvalue weighted by Crippen LogP contribution is 2.57. The van der Waals surface area contributed by atoms with E-state index in [4.69, 9.17) is 18.9 Å². The fourth-order valence-corrected chi connectivity index (χ4v) is 4.20. The van der Waals surface area contributed by atoms with Gasteiger partial charge in [0.05, 0.1) is 24.7 Å². The molecule has 2 aliphatic heterocycles. The van der Waals surface area contributed by atoms with Crippen LogP contribution in [0, 0.1) is 11.8 Å². The van der Waals surface area contributed by atoms with Crippen molar-refractivity contribution in [1.29, 1.82) is 0 Å². The van der Waals surface area contributed by atoms with Crippen LogP contribution in [-0.2, 0) is 23.8 Å². The van der Waals surface area contributed by atoms with Crippen LogP contribution in [0.25, 0.3) is 0 Å². The summed E-state index contributed by atoms with van der Waals surface area (Å²) in [5.41, 5.74) is -1.05. The van der Waals surface area contributed by atoms with Gasteiger partial charge in [-0.2, -0.15) is 0 Å². The molecule has 1 aromatic carbocycles. The number of benzene rings is 1. The number of carbonyl (C=O) groups excluding carboxylic acids is 3. The van der Waals surface area contributed by atoms with E-state index in [-0.39, 0.29) is 19.0 Å². The lowest BCUT2D eigenvalue weighted by molar-refractivity contribution is -0.166. The molecule has 4 rings (SSSR count). The van der Waals surface area contributed by atoms with Gasteiger partial charge in [-0.05, 0) is 26.0 Å². The molecule has 0 radical (unpaired) electrons. The van der Waals surface area contributed by atoms with Crippen molar-refractivity contribution >= 4 is 17.7 Å². The zero-order chi connectivity index (χ0) is 18.5. The molecular formula is C19H20O7. The molecule has 26 heavy (non-hydrogen) atoms. The normalized spacial score (nSPS) is 33.8. The standard InChI is InChI=1S/C19H20O7/c1-3-23-17(21)15-14-12(9-13-19(15,26-13)18(22)24-4-2)25-11-8-6-5-7-10(11)16(14)20/h5-8,12-15H,3-4,9H2,1-2H3/t12-,13+,14+,15-,19+/m1/s1. The van der Waals surface area contributed by atoms with Crippen LogP contribution in [0.5, 0.6) is 5.75 Å². The minimum atomic E-state index is -1.45. The molecule has 7 heteroatoms. The van der Waals surface area contributed by atoms with Gasteiger partial charge < -0.3 is 18.9 Å². The summed E-state index contributed by atoms with van der Waals surface area (Å²) in [6, 6.07) is 6.91. The van der Waals surface area contributed by atoms with Gasteiger partial charge in [0.15, 0.2) is 5.78 Å². The number of epoxide rings is 1. The fourth-order valence-electron chi connectivity index (χ4n) is 4.20. The van der Waals surface area contributed by atoms with Gasteiger partial charge in [-0.15, -0.1) is 0 Å². The first-order valence-corrected chi connectivity index (χ1v) is 8.86. The van der Waals surface area contributed by atoms with E-state index in [1.54, 1.807) is 38.1 Å². The summed E-state index contributed by atoms with van der Waals surface area (Å²) in [5, 5.41) is 0. The Bertz CT molecular complexity index is 773. The molecule has 0 N–H and O–H groups in total. The number of Topliss-reactive ketones (excluding diaryl/α,β-unsaturated/α-hetero) is 1. The Morgan fingerprint density at radius 1 is 1.19 bits per heavy atom. The second-order valence-corrected chi connectivity index (χ2v) is 6.63. The minimum absolute atomic E-state index is 0.141. The van der Waals surface area contributed by atoms with Gasteiger partial charge in [0, 0.05) is 6.42 Å². The summed E-state index contributed by atoms with van der Waals surface area (Å²) in [6.45, 7) is 3.66. The van der Waals surface area contributed by atoms with Crippen molar-refractivity contribution in [3.05, 3.63) is 29.8 Å². The number of hydrogen-bond acceptors (Lipinski definition) is 7. The van der Waals surface area contributed by atoms with Crippen molar-refractivity contribution in [2.24, 2.45) is 11.8 Å². The monoisotopic (exact) mass is 360 g/mol. The number of ether oxygens (including phenoxy) is 4. The second kappa shape index (κ2) is 6.09. The maximum atomic E-state index is 13.2. The Balaban J connectivity index is 1.77. The molecule has 0 unspecified atom stereocenters. The van der Waals surface area contributed by atoms with E-state index in [9.17, 15) is 14.4 Å². The van der Waals surface area contributed by atoms with Crippen molar-refractivity contribution in [3.63, 3.8) is 0 Å². The third-order valence-corrected chi connectivity index (χ3v) is 5.30. The molecule has 1 aromatic rings. The van der Waals surface area contributed by atoms with E-state index >= 15 is 0 Å². The lowest BCUT2D eigenvalue weighted by atomic mass is 9.66. The van der Waals surface area contributed by atoms with Gasteiger partial charge >= 0.3 is 11.9 Å². The van der Waals surface area contributed by atoms with Crippen LogP contribution in [-0.4, -0.2) is 48.7 Å². The van der Waals surface area contributed by atoms with Crippen LogP contribution >= 0.6 is 0 Å². The third-order valence-electron chi connectivity index (χ3n) is 5.30. The van der Waals surface area contributed by atoms with Gasteiger partial charge in [0.1, 0.15) is 23.9 Å². The van der Waals surface area contributed by atoms with Crippen LogP contribution in [0.2, 0.25) is 0 Å². The van der Waals surface area contributed by atoms with Gasteiger partial charge in [0.25, 0.3) is 0 Å². The van der Waals surface area contributed by atoms with Crippen LogP contribution in [0.4, 0.5) is 0 Å². The van der Waals surface area contributed by atoms with Gasteiger partial charge in [-0.1, -0.05) is 12.1 Å². The van der Waals surface area contributed by atoms with E-state index in [0.29, 0.717) is 17.7 Å². The molecule has 5 atom stereocenters. The molecule has 138 valence electrons. The molecule has 1 aliphatic carbocycles. The number of para-hydroxylation sites is 1. The summed E-state index contributed by atoms with van der Waals surface area (Å²) in [7, 11) is 0.